The van der Waals surface area contributed by atoms with Gasteiger partial charge in [-0.05, 0) is 49.8 Å². The van der Waals surface area contributed by atoms with Gasteiger partial charge in [-0.15, -0.1) is 0 Å². The molecule has 2 aromatic rings. The fourth-order valence-corrected chi connectivity index (χ4v) is 4.05. The molecule has 0 unspecified atom stereocenters. The summed E-state index contributed by atoms with van der Waals surface area (Å²) in [4.78, 5) is 27.1. The van der Waals surface area contributed by atoms with Crippen molar-refractivity contribution >= 4 is 51.9 Å². The normalized spacial score (nSPS) is 14.9. The third-order valence-corrected chi connectivity index (χ3v) is 5.50. The van der Waals surface area contributed by atoms with Crippen molar-refractivity contribution in [3.8, 4) is 11.5 Å². The highest BCUT2D eigenvalue weighted by atomic mass is 32.2. The molecule has 2 aromatic carbocycles. The maximum absolute atomic E-state index is 12.8. The Bertz CT molecular complexity index is 973. The first-order valence-electron chi connectivity index (χ1n) is 9.51. The number of hydrogen-bond donors (Lipinski definition) is 1. The predicted octanol–water partition coefficient (Wildman–Crippen LogP) is 4.32. The van der Waals surface area contributed by atoms with Crippen LogP contribution in [0, 0.1) is 0 Å². The molecule has 1 aliphatic heterocycles. The monoisotopic (exact) mass is 442 g/mol. The SMILES string of the molecule is CCOc1ccc(/C=C2\SC(=S)N(CC(=O)Nc3ccccc3OCC)C2=O)cc1. The number of benzene rings is 2. The van der Waals surface area contributed by atoms with E-state index in [2.05, 4.69) is 5.32 Å². The van der Waals surface area contributed by atoms with Crippen LogP contribution in [0.4, 0.5) is 5.69 Å². The molecule has 0 aliphatic carbocycles. The van der Waals surface area contributed by atoms with E-state index in [0.29, 0.717) is 33.9 Å². The summed E-state index contributed by atoms with van der Waals surface area (Å²) in [6.07, 6.45) is 1.76. The maximum Gasteiger partial charge on any atom is 0.266 e. The quantitative estimate of drug-likeness (QED) is 0.485. The van der Waals surface area contributed by atoms with Crippen LogP contribution in [0.2, 0.25) is 0 Å². The van der Waals surface area contributed by atoms with Crippen molar-refractivity contribution in [3.63, 3.8) is 0 Å². The van der Waals surface area contributed by atoms with E-state index in [0.717, 1.165) is 11.3 Å². The minimum Gasteiger partial charge on any atom is -0.494 e. The lowest BCUT2D eigenvalue weighted by Crippen LogP contribution is -2.36. The maximum atomic E-state index is 12.8. The van der Waals surface area contributed by atoms with Gasteiger partial charge in [0.1, 0.15) is 22.4 Å². The number of carbonyl (C=O) groups excluding carboxylic acids is 2. The Balaban J connectivity index is 1.67. The fraction of sp³-hybridized carbons (Fsp3) is 0.227. The molecule has 1 aliphatic rings. The lowest BCUT2D eigenvalue weighted by molar-refractivity contribution is -0.126. The number of rotatable bonds is 8. The average molecular weight is 443 g/mol. The van der Waals surface area contributed by atoms with E-state index >= 15 is 0 Å². The summed E-state index contributed by atoms with van der Waals surface area (Å²) < 4.78 is 11.3. The van der Waals surface area contributed by atoms with Crippen LogP contribution in [0.1, 0.15) is 19.4 Å². The van der Waals surface area contributed by atoms with Gasteiger partial charge in [-0.2, -0.15) is 0 Å². The van der Waals surface area contributed by atoms with Gasteiger partial charge in [0.25, 0.3) is 5.91 Å². The van der Waals surface area contributed by atoms with Gasteiger partial charge in [0.2, 0.25) is 5.91 Å². The van der Waals surface area contributed by atoms with Crippen LogP contribution in [0.5, 0.6) is 11.5 Å². The molecule has 1 fully saturated rings. The van der Waals surface area contributed by atoms with Gasteiger partial charge < -0.3 is 14.8 Å². The van der Waals surface area contributed by atoms with Crippen molar-refractivity contribution in [1.82, 2.24) is 4.90 Å². The summed E-state index contributed by atoms with van der Waals surface area (Å²) in [5, 5.41) is 2.79. The molecule has 0 saturated carbocycles. The number of carbonyl (C=O) groups is 2. The summed E-state index contributed by atoms with van der Waals surface area (Å²) in [6.45, 7) is 4.71. The van der Waals surface area contributed by atoms with Gasteiger partial charge in [0, 0.05) is 0 Å². The highest BCUT2D eigenvalue weighted by Gasteiger charge is 2.33. The number of ether oxygens (including phenoxy) is 2. The zero-order valence-corrected chi connectivity index (χ0v) is 18.3. The highest BCUT2D eigenvalue weighted by Crippen LogP contribution is 2.33. The van der Waals surface area contributed by atoms with Crippen LogP contribution < -0.4 is 14.8 Å². The molecule has 1 heterocycles. The van der Waals surface area contributed by atoms with E-state index in [1.807, 2.05) is 44.2 Å². The van der Waals surface area contributed by atoms with E-state index in [-0.39, 0.29) is 18.4 Å². The predicted molar refractivity (Wildman–Crippen MR) is 124 cm³/mol. The second-order valence-electron chi connectivity index (χ2n) is 6.25. The molecule has 0 aromatic heterocycles. The largest absolute Gasteiger partial charge is 0.494 e. The Morgan fingerprint density at radius 1 is 1.10 bits per heavy atom. The van der Waals surface area contributed by atoms with Crippen molar-refractivity contribution < 1.29 is 19.1 Å². The summed E-state index contributed by atoms with van der Waals surface area (Å²) >= 11 is 6.50. The Labute approximate surface area is 185 Å². The molecule has 30 heavy (non-hydrogen) atoms. The fourth-order valence-electron chi connectivity index (χ4n) is 2.80. The van der Waals surface area contributed by atoms with Crippen molar-refractivity contribution in [2.24, 2.45) is 0 Å². The van der Waals surface area contributed by atoms with Crippen LogP contribution in [-0.2, 0) is 9.59 Å². The van der Waals surface area contributed by atoms with Crippen LogP contribution in [0.15, 0.2) is 53.4 Å². The van der Waals surface area contributed by atoms with Gasteiger partial charge in [-0.25, -0.2) is 0 Å². The van der Waals surface area contributed by atoms with Crippen molar-refractivity contribution in [1.29, 1.82) is 0 Å². The summed E-state index contributed by atoms with van der Waals surface area (Å²) in [5.41, 5.74) is 1.41. The summed E-state index contributed by atoms with van der Waals surface area (Å²) in [6, 6.07) is 14.6. The second-order valence-corrected chi connectivity index (χ2v) is 7.92. The lowest BCUT2D eigenvalue weighted by Gasteiger charge is -2.15. The smallest absolute Gasteiger partial charge is 0.266 e. The Morgan fingerprint density at radius 3 is 2.50 bits per heavy atom. The number of nitrogens with zero attached hydrogens (tertiary/aromatic N) is 1. The molecule has 1 N–H and O–H groups in total. The third kappa shape index (κ3) is 5.40. The summed E-state index contributed by atoms with van der Waals surface area (Å²) in [5.74, 6) is 0.716. The standard InChI is InChI=1S/C22H22N2O4S2/c1-3-27-16-11-9-15(10-12-16)13-19-21(26)24(22(29)30-19)14-20(25)23-17-7-5-6-8-18(17)28-4-2/h5-13H,3-4,14H2,1-2H3,(H,23,25)/b19-13-. The first-order valence-corrected chi connectivity index (χ1v) is 10.7. The van der Waals surface area contributed by atoms with E-state index < -0.39 is 0 Å². The molecule has 0 atom stereocenters. The molecule has 1 saturated heterocycles. The molecule has 0 radical (unpaired) electrons. The topological polar surface area (TPSA) is 67.9 Å². The zero-order valence-electron chi connectivity index (χ0n) is 16.7. The summed E-state index contributed by atoms with van der Waals surface area (Å²) in [7, 11) is 0. The first kappa shape index (κ1) is 21.9. The third-order valence-electron chi connectivity index (χ3n) is 4.13. The molecule has 0 spiro atoms. The molecular formula is C22H22N2O4S2. The first-order chi connectivity index (χ1) is 14.5. The van der Waals surface area contributed by atoms with Gasteiger partial charge >= 0.3 is 0 Å². The van der Waals surface area contributed by atoms with Gasteiger partial charge in [0.15, 0.2) is 0 Å². The number of anilines is 1. The van der Waals surface area contributed by atoms with Crippen LogP contribution in [0.25, 0.3) is 6.08 Å². The minimum absolute atomic E-state index is 0.161. The number of hydrogen-bond acceptors (Lipinski definition) is 6. The Kier molecular flexibility index (Phi) is 7.48. The highest BCUT2D eigenvalue weighted by molar-refractivity contribution is 8.26. The molecule has 156 valence electrons. The number of para-hydroxylation sites is 2. The number of amides is 2. The molecular weight excluding hydrogens is 420 g/mol. The molecule has 0 bridgehead atoms. The van der Waals surface area contributed by atoms with Crippen LogP contribution in [-0.4, -0.2) is 40.8 Å². The van der Waals surface area contributed by atoms with Crippen molar-refractivity contribution in [3.05, 3.63) is 59.0 Å². The van der Waals surface area contributed by atoms with Crippen molar-refractivity contribution in [2.75, 3.05) is 25.1 Å². The van der Waals surface area contributed by atoms with Gasteiger partial charge in [-0.3, -0.25) is 14.5 Å². The number of nitrogens with one attached hydrogen (secondary N) is 1. The molecule has 6 nitrogen and oxygen atoms in total. The zero-order chi connectivity index (χ0) is 21.5. The Hall–Kier alpha value is -2.84. The average Bonchev–Trinajstić information content (AvgIpc) is 2.98. The van der Waals surface area contributed by atoms with Crippen LogP contribution in [0.3, 0.4) is 0 Å². The van der Waals surface area contributed by atoms with Crippen LogP contribution >= 0.6 is 24.0 Å². The van der Waals surface area contributed by atoms with Crippen molar-refractivity contribution in [2.45, 2.75) is 13.8 Å². The molecule has 8 heteroatoms. The Morgan fingerprint density at radius 2 is 1.80 bits per heavy atom. The van der Waals surface area contributed by atoms with E-state index in [1.54, 1.807) is 24.3 Å². The lowest BCUT2D eigenvalue weighted by atomic mass is 10.2. The molecule has 3 rings (SSSR count). The van der Waals surface area contributed by atoms with E-state index in [4.69, 9.17) is 21.7 Å². The minimum atomic E-state index is -0.347. The molecule has 2 amide bonds. The van der Waals surface area contributed by atoms with Gasteiger partial charge in [0.05, 0.1) is 23.8 Å². The number of thioether (sulfide) groups is 1. The number of thiocarbonyl (C=S) groups is 1. The second kappa shape index (κ2) is 10.3. The van der Waals surface area contributed by atoms with E-state index in [1.165, 1.54) is 16.7 Å². The van der Waals surface area contributed by atoms with Gasteiger partial charge in [-0.1, -0.05) is 48.2 Å². The van der Waals surface area contributed by atoms with E-state index in [9.17, 15) is 9.59 Å².